The lowest BCUT2D eigenvalue weighted by atomic mass is 10.0. The third kappa shape index (κ3) is 7.55. The minimum Gasteiger partial charge on any atom is -0.480 e. The van der Waals surface area contributed by atoms with Gasteiger partial charge in [-0.1, -0.05) is 36.4 Å². The Morgan fingerprint density at radius 1 is 0.721 bits per heavy atom. The highest BCUT2D eigenvalue weighted by Gasteiger charge is 2.32. The molecular formula is C29H33N7O7. The second-order valence-corrected chi connectivity index (χ2v) is 10.1. The number of aromatic nitrogens is 2. The molecule has 0 spiro atoms. The number of aromatic amines is 2. The predicted octanol–water partition coefficient (Wildman–Crippen LogP) is -0.832. The zero-order valence-corrected chi connectivity index (χ0v) is 23.0. The fourth-order valence-electron chi connectivity index (χ4n) is 4.78. The maximum Gasteiger partial charge on any atom is 0.328 e. The van der Waals surface area contributed by atoms with Gasteiger partial charge >= 0.3 is 5.97 Å². The first-order valence-corrected chi connectivity index (χ1v) is 13.5. The summed E-state index contributed by atoms with van der Waals surface area (Å²) in [5, 5.41) is 27.3. The molecule has 0 aliphatic heterocycles. The Balaban J connectivity index is 1.56. The number of benzene rings is 2. The number of amides is 4. The molecule has 226 valence electrons. The van der Waals surface area contributed by atoms with E-state index in [1.165, 1.54) is 0 Å². The topological polar surface area (TPSA) is 246 Å². The molecule has 11 N–H and O–H groups in total. The maximum atomic E-state index is 13.6. The fraction of sp³-hybridized carbons (Fsp3) is 0.276. The minimum atomic E-state index is -1.68. The third-order valence-corrected chi connectivity index (χ3v) is 7.02. The monoisotopic (exact) mass is 591 g/mol. The van der Waals surface area contributed by atoms with Crippen LogP contribution in [-0.4, -0.2) is 80.6 Å². The van der Waals surface area contributed by atoms with Crippen LogP contribution in [0, 0.1) is 0 Å². The SMILES string of the molecule is NC(=O)CC(NC(=O)C(Cc1c[nH]c2ccccc12)NC(=O)C(N)Cc1c[nH]c2ccccc12)C(=O)NC(CO)C(=O)O. The molecule has 43 heavy (non-hydrogen) atoms. The zero-order chi connectivity index (χ0) is 31.1. The molecule has 4 amide bonds. The lowest BCUT2D eigenvalue weighted by Crippen LogP contribution is -2.58. The summed E-state index contributed by atoms with van der Waals surface area (Å²) in [6.07, 6.45) is 2.94. The van der Waals surface area contributed by atoms with Crippen molar-refractivity contribution >= 4 is 51.4 Å². The number of carbonyl (C=O) groups is 5. The summed E-state index contributed by atoms with van der Waals surface area (Å²) in [7, 11) is 0. The summed E-state index contributed by atoms with van der Waals surface area (Å²) >= 11 is 0. The standard InChI is InChI=1S/C29H33N7O7/c30-19(9-15-12-32-20-7-3-1-5-17(15)20)26(39)34-22(10-16-13-33-21-8-4-2-6-18(16)21)27(40)35-23(11-25(31)38)28(41)36-24(14-37)29(42)43/h1-8,12-13,19,22-24,32-33,37H,9-11,14,30H2,(H2,31,38)(H,34,39)(H,35,40)(H,36,41)(H,42,43). The molecule has 4 aromatic rings. The van der Waals surface area contributed by atoms with Crippen molar-refractivity contribution in [3.8, 4) is 0 Å². The van der Waals surface area contributed by atoms with Gasteiger partial charge in [0, 0.05) is 40.6 Å². The van der Waals surface area contributed by atoms with Crippen molar-refractivity contribution in [2.24, 2.45) is 11.5 Å². The summed E-state index contributed by atoms with van der Waals surface area (Å²) in [6, 6.07) is 9.32. The average Bonchev–Trinajstić information content (AvgIpc) is 3.58. The van der Waals surface area contributed by atoms with Gasteiger partial charge in [-0.15, -0.1) is 0 Å². The Bertz CT molecular complexity index is 1650. The van der Waals surface area contributed by atoms with Crippen molar-refractivity contribution in [2.45, 2.75) is 43.4 Å². The van der Waals surface area contributed by atoms with Crippen LogP contribution in [0.25, 0.3) is 21.8 Å². The second-order valence-electron chi connectivity index (χ2n) is 10.1. The molecule has 0 fully saturated rings. The van der Waals surface area contributed by atoms with Gasteiger partial charge in [0.1, 0.15) is 18.1 Å². The quantitative estimate of drug-likeness (QED) is 0.0893. The van der Waals surface area contributed by atoms with Crippen molar-refractivity contribution in [3.63, 3.8) is 0 Å². The number of fused-ring (bicyclic) bond motifs is 2. The van der Waals surface area contributed by atoms with E-state index in [1.807, 2.05) is 48.5 Å². The van der Waals surface area contributed by atoms with E-state index in [2.05, 4.69) is 25.9 Å². The molecule has 0 bridgehead atoms. The Labute approximate surface area is 245 Å². The number of carboxylic acid groups (broad SMARTS) is 1. The highest BCUT2D eigenvalue weighted by atomic mass is 16.4. The third-order valence-electron chi connectivity index (χ3n) is 7.02. The van der Waals surface area contributed by atoms with Gasteiger partial charge in [0.25, 0.3) is 0 Å². The molecule has 14 nitrogen and oxygen atoms in total. The molecule has 14 heteroatoms. The number of carbonyl (C=O) groups excluding carboxylic acids is 4. The average molecular weight is 592 g/mol. The molecular weight excluding hydrogens is 558 g/mol. The largest absolute Gasteiger partial charge is 0.480 e. The van der Waals surface area contributed by atoms with E-state index in [1.54, 1.807) is 12.4 Å². The molecule has 0 radical (unpaired) electrons. The predicted molar refractivity (Wildman–Crippen MR) is 156 cm³/mol. The molecule has 4 atom stereocenters. The minimum absolute atomic E-state index is 0.0132. The molecule has 2 heterocycles. The fourth-order valence-corrected chi connectivity index (χ4v) is 4.78. The zero-order valence-electron chi connectivity index (χ0n) is 23.0. The van der Waals surface area contributed by atoms with E-state index in [0.717, 1.165) is 27.4 Å². The van der Waals surface area contributed by atoms with Gasteiger partial charge in [0.05, 0.1) is 19.1 Å². The number of carboxylic acids is 1. The number of H-pyrrole nitrogens is 2. The Morgan fingerprint density at radius 3 is 1.74 bits per heavy atom. The highest BCUT2D eigenvalue weighted by molar-refractivity contribution is 5.97. The lowest BCUT2D eigenvalue weighted by Gasteiger charge is -2.24. The van der Waals surface area contributed by atoms with E-state index in [9.17, 15) is 29.1 Å². The number of hydrogen-bond acceptors (Lipinski definition) is 7. The Kier molecular flexibility index (Phi) is 9.75. The number of aliphatic hydroxyl groups is 1. The summed E-state index contributed by atoms with van der Waals surface area (Å²) < 4.78 is 0. The van der Waals surface area contributed by atoms with Crippen LogP contribution < -0.4 is 27.4 Å². The number of nitrogens with two attached hydrogens (primary N) is 2. The van der Waals surface area contributed by atoms with Crippen LogP contribution in [0.5, 0.6) is 0 Å². The van der Waals surface area contributed by atoms with Crippen LogP contribution in [0.1, 0.15) is 17.5 Å². The van der Waals surface area contributed by atoms with Gasteiger partial charge in [-0.05, 0) is 29.7 Å². The number of para-hydroxylation sites is 2. The van der Waals surface area contributed by atoms with Crippen LogP contribution in [-0.2, 0) is 36.8 Å². The molecule has 4 unspecified atom stereocenters. The number of primary amides is 1. The Hall–Kier alpha value is -5.21. The number of rotatable bonds is 14. The highest BCUT2D eigenvalue weighted by Crippen LogP contribution is 2.21. The van der Waals surface area contributed by atoms with E-state index < -0.39 is 66.8 Å². The molecule has 0 saturated heterocycles. The number of aliphatic hydroxyl groups excluding tert-OH is 1. The molecule has 2 aromatic heterocycles. The van der Waals surface area contributed by atoms with E-state index in [-0.39, 0.29) is 12.8 Å². The lowest BCUT2D eigenvalue weighted by molar-refractivity contribution is -0.143. The smallest absolute Gasteiger partial charge is 0.328 e. The van der Waals surface area contributed by atoms with Crippen LogP contribution in [0.15, 0.2) is 60.9 Å². The van der Waals surface area contributed by atoms with E-state index in [0.29, 0.717) is 5.56 Å². The molecule has 0 saturated carbocycles. The van der Waals surface area contributed by atoms with Gasteiger partial charge in [0.2, 0.25) is 23.6 Å². The van der Waals surface area contributed by atoms with Gasteiger partial charge < -0.3 is 47.6 Å². The second kappa shape index (κ2) is 13.6. The number of hydrogen-bond donors (Lipinski definition) is 9. The molecule has 0 aliphatic carbocycles. The number of nitrogens with one attached hydrogen (secondary N) is 5. The van der Waals surface area contributed by atoms with Crippen LogP contribution in [0.3, 0.4) is 0 Å². The van der Waals surface area contributed by atoms with Gasteiger partial charge in [-0.3, -0.25) is 19.2 Å². The van der Waals surface area contributed by atoms with Crippen molar-refractivity contribution in [3.05, 3.63) is 72.1 Å². The first-order chi connectivity index (χ1) is 20.6. The van der Waals surface area contributed by atoms with Gasteiger partial charge in [-0.2, -0.15) is 0 Å². The van der Waals surface area contributed by atoms with Crippen LogP contribution >= 0.6 is 0 Å². The Morgan fingerprint density at radius 2 is 1.21 bits per heavy atom. The number of aliphatic carboxylic acids is 1. The van der Waals surface area contributed by atoms with Crippen molar-refractivity contribution in [1.29, 1.82) is 0 Å². The normalized spacial score (nSPS) is 14.0. The summed E-state index contributed by atoms with van der Waals surface area (Å²) in [4.78, 5) is 68.9. The summed E-state index contributed by atoms with van der Waals surface area (Å²) in [5.41, 5.74) is 14.7. The summed E-state index contributed by atoms with van der Waals surface area (Å²) in [5.74, 6) is -4.99. The van der Waals surface area contributed by atoms with Gasteiger partial charge in [0.15, 0.2) is 0 Å². The van der Waals surface area contributed by atoms with Crippen molar-refractivity contribution in [2.75, 3.05) is 6.61 Å². The van der Waals surface area contributed by atoms with Gasteiger partial charge in [-0.25, -0.2) is 4.79 Å². The van der Waals surface area contributed by atoms with Crippen molar-refractivity contribution in [1.82, 2.24) is 25.9 Å². The first kappa shape index (κ1) is 30.7. The molecule has 0 aliphatic rings. The maximum absolute atomic E-state index is 13.6. The molecule has 4 rings (SSSR count). The summed E-state index contributed by atoms with van der Waals surface area (Å²) in [6.45, 7) is -0.925. The molecule has 2 aromatic carbocycles. The van der Waals surface area contributed by atoms with E-state index in [4.69, 9.17) is 16.6 Å². The van der Waals surface area contributed by atoms with E-state index >= 15 is 0 Å². The van der Waals surface area contributed by atoms with Crippen LogP contribution in [0.4, 0.5) is 0 Å². The van der Waals surface area contributed by atoms with Crippen molar-refractivity contribution < 1.29 is 34.2 Å². The first-order valence-electron chi connectivity index (χ1n) is 13.5. The van der Waals surface area contributed by atoms with Crippen LogP contribution in [0.2, 0.25) is 0 Å².